The molecule has 2 bridgehead atoms. The topological polar surface area (TPSA) is 92.9 Å². The third-order valence-corrected chi connectivity index (χ3v) is 6.26. The molecule has 4 aliphatic heterocycles. The van der Waals surface area contributed by atoms with Crippen molar-refractivity contribution >= 4 is 29.1 Å². The van der Waals surface area contributed by atoms with Crippen LogP contribution in [0.4, 0.5) is 11.4 Å². The van der Waals surface area contributed by atoms with Gasteiger partial charge in [-0.15, -0.1) is 0 Å². The van der Waals surface area contributed by atoms with Gasteiger partial charge in [0.1, 0.15) is 6.54 Å². The van der Waals surface area contributed by atoms with E-state index in [-0.39, 0.29) is 36.5 Å². The van der Waals surface area contributed by atoms with Crippen LogP contribution in [-0.4, -0.2) is 47.9 Å². The SMILES string of the molecule is Nc1cccc2c1CCCN2C(=O)CN1C(=O)C2C3CCC(O3)C2C1=O. The van der Waals surface area contributed by atoms with E-state index in [0.29, 0.717) is 12.2 Å². The molecule has 4 heterocycles. The zero-order chi connectivity index (χ0) is 18.0. The largest absolute Gasteiger partial charge is 0.398 e. The molecule has 0 aromatic heterocycles. The number of hydrogen-bond acceptors (Lipinski definition) is 5. The summed E-state index contributed by atoms with van der Waals surface area (Å²) in [5, 5.41) is 0. The Kier molecular flexibility index (Phi) is 3.37. The number of nitrogen functional groups attached to an aromatic ring is 1. The molecule has 1 aromatic carbocycles. The minimum atomic E-state index is -0.390. The number of ether oxygens (including phenoxy) is 1. The van der Waals surface area contributed by atoms with Gasteiger partial charge in [0.25, 0.3) is 0 Å². The highest BCUT2D eigenvalue weighted by molar-refractivity contribution is 6.10. The van der Waals surface area contributed by atoms with E-state index >= 15 is 0 Å². The minimum absolute atomic E-state index is 0.155. The van der Waals surface area contributed by atoms with Crippen molar-refractivity contribution < 1.29 is 19.1 Å². The van der Waals surface area contributed by atoms with Crippen molar-refractivity contribution in [2.45, 2.75) is 37.9 Å². The van der Waals surface area contributed by atoms with Crippen molar-refractivity contribution in [3.05, 3.63) is 23.8 Å². The molecule has 4 atom stereocenters. The van der Waals surface area contributed by atoms with Crippen molar-refractivity contribution in [3.63, 3.8) is 0 Å². The van der Waals surface area contributed by atoms with Crippen molar-refractivity contribution in [1.29, 1.82) is 0 Å². The van der Waals surface area contributed by atoms with Gasteiger partial charge in [-0.2, -0.15) is 0 Å². The van der Waals surface area contributed by atoms with Gasteiger partial charge in [-0.3, -0.25) is 19.3 Å². The molecule has 1 aromatic rings. The number of likely N-dealkylation sites (tertiary alicyclic amines) is 1. The van der Waals surface area contributed by atoms with Gasteiger partial charge in [0.2, 0.25) is 17.7 Å². The molecule has 4 aliphatic rings. The van der Waals surface area contributed by atoms with Crippen LogP contribution in [0.15, 0.2) is 18.2 Å². The number of benzene rings is 1. The second-order valence-corrected chi connectivity index (χ2v) is 7.60. The van der Waals surface area contributed by atoms with Crippen LogP contribution in [-0.2, 0) is 25.5 Å². The van der Waals surface area contributed by atoms with E-state index in [4.69, 9.17) is 10.5 Å². The van der Waals surface area contributed by atoms with Crippen LogP contribution in [0.5, 0.6) is 0 Å². The molecule has 0 saturated carbocycles. The normalized spacial score (nSPS) is 32.2. The highest BCUT2D eigenvalue weighted by Crippen LogP contribution is 2.48. The first kappa shape index (κ1) is 15.8. The lowest BCUT2D eigenvalue weighted by Crippen LogP contribution is -2.45. The molecule has 0 aliphatic carbocycles. The van der Waals surface area contributed by atoms with Crippen LogP contribution in [0.1, 0.15) is 24.8 Å². The Morgan fingerprint density at radius 2 is 1.85 bits per heavy atom. The Morgan fingerprint density at radius 3 is 2.54 bits per heavy atom. The fraction of sp³-hybridized carbons (Fsp3) is 0.526. The molecule has 136 valence electrons. The van der Waals surface area contributed by atoms with Crippen LogP contribution in [0.2, 0.25) is 0 Å². The second kappa shape index (κ2) is 5.54. The zero-order valence-corrected chi connectivity index (χ0v) is 14.4. The molecule has 26 heavy (non-hydrogen) atoms. The first-order valence-corrected chi connectivity index (χ1v) is 9.24. The third-order valence-electron chi connectivity index (χ3n) is 6.26. The lowest BCUT2D eigenvalue weighted by atomic mass is 9.81. The maximum atomic E-state index is 12.9. The summed E-state index contributed by atoms with van der Waals surface area (Å²) in [4.78, 5) is 41.2. The number of amides is 3. The van der Waals surface area contributed by atoms with Crippen molar-refractivity contribution in [2.24, 2.45) is 11.8 Å². The van der Waals surface area contributed by atoms with Crippen molar-refractivity contribution in [3.8, 4) is 0 Å². The fourth-order valence-electron chi connectivity index (χ4n) is 5.06. The Morgan fingerprint density at radius 1 is 1.15 bits per heavy atom. The number of rotatable bonds is 2. The summed E-state index contributed by atoms with van der Waals surface area (Å²) in [5.74, 6) is -1.50. The Balaban J connectivity index is 1.38. The maximum absolute atomic E-state index is 12.9. The Hall–Kier alpha value is -2.41. The van der Waals surface area contributed by atoms with E-state index in [1.54, 1.807) is 4.90 Å². The lowest BCUT2D eigenvalue weighted by Gasteiger charge is -2.31. The molecule has 7 nitrogen and oxygen atoms in total. The van der Waals surface area contributed by atoms with Gasteiger partial charge < -0.3 is 15.4 Å². The summed E-state index contributed by atoms with van der Waals surface area (Å²) in [5.41, 5.74) is 8.48. The number of nitrogens with zero attached hydrogens (tertiary/aromatic N) is 2. The van der Waals surface area contributed by atoms with E-state index in [2.05, 4.69) is 0 Å². The lowest BCUT2D eigenvalue weighted by molar-refractivity contribution is -0.145. The number of carbonyl (C=O) groups is 3. The van der Waals surface area contributed by atoms with Gasteiger partial charge in [0.05, 0.1) is 24.0 Å². The molecule has 0 radical (unpaired) electrons. The van der Waals surface area contributed by atoms with E-state index in [1.165, 1.54) is 0 Å². The highest BCUT2D eigenvalue weighted by atomic mass is 16.5. The Labute approximate surface area is 151 Å². The van der Waals surface area contributed by atoms with Gasteiger partial charge >= 0.3 is 0 Å². The molecule has 4 unspecified atom stereocenters. The first-order chi connectivity index (χ1) is 12.6. The molecule has 2 N–H and O–H groups in total. The average Bonchev–Trinajstić information content (AvgIpc) is 3.31. The zero-order valence-electron chi connectivity index (χ0n) is 14.4. The molecule has 5 rings (SSSR count). The van der Waals surface area contributed by atoms with Gasteiger partial charge in [-0.1, -0.05) is 6.07 Å². The molecule has 3 fully saturated rings. The smallest absolute Gasteiger partial charge is 0.247 e. The van der Waals surface area contributed by atoms with Crippen LogP contribution in [0, 0.1) is 11.8 Å². The summed E-state index contributed by atoms with van der Waals surface area (Å²) < 4.78 is 5.73. The summed E-state index contributed by atoms with van der Waals surface area (Å²) in [6, 6.07) is 5.53. The van der Waals surface area contributed by atoms with Crippen LogP contribution >= 0.6 is 0 Å². The number of imide groups is 1. The number of nitrogens with two attached hydrogens (primary N) is 1. The van der Waals surface area contributed by atoms with Crippen LogP contribution in [0.25, 0.3) is 0 Å². The van der Waals surface area contributed by atoms with Gasteiger partial charge in [0.15, 0.2) is 0 Å². The number of carbonyl (C=O) groups excluding carboxylic acids is 3. The predicted molar refractivity (Wildman–Crippen MR) is 93.1 cm³/mol. The maximum Gasteiger partial charge on any atom is 0.247 e. The molecule has 3 saturated heterocycles. The molecular weight excluding hydrogens is 334 g/mol. The highest BCUT2D eigenvalue weighted by Gasteiger charge is 2.62. The minimum Gasteiger partial charge on any atom is -0.398 e. The molecule has 0 spiro atoms. The van der Waals surface area contributed by atoms with Crippen molar-refractivity contribution in [1.82, 2.24) is 4.90 Å². The number of anilines is 2. The molecular formula is C19H21N3O4. The fourth-order valence-corrected chi connectivity index (χ4v) is 5.06. The number of hydrogen-bond donors (Lipinski definition) is 1. The summed E-state index contributed by atoms with van der Waals surface area (Å²) in [6.07, 6.45) is 2.99. The van der Waals surface area contributed by atoms with Crippen molar-refractivity contribution in [2.75, 3.05) is 23.7 Å². The van der Waals surface area contributed by atoms with Gasteiger partial charge in [-0.25, -0.2) is 0 Å². The second-order valence-electron chi connectivity index (χ2n) is 7.60. The molecule has 3 amide bonds. The summed E-state index contributed by atoms with van der Waals surface area (Å²) >= 11 is 0. The van der Waals surface area contributed by atoms with E-state index < -0.39 is 11.8 Å². The first-order valence-electron chi connectivity index (χ1n) is 9.24. The Bertz CT molecular complexity index is 795. The standard InChI is InChI=1S/C19H21N3O4/c20-11-4-1-5-12-10(11)3-2-8-21(12)15(23)9-22-18(24)16-13-6-7-14(26-13)17(16)19(22)25/h1,4-5,13-14,16-17H,2-3,6-9,20H2. The van der Waals surface area contributed by atoms with E-state index in [0.717, 1.165) is 41.8 Å². The van der Waals surface area contributed by atoms with E-state index in [1.807, 2.05) is 18.2 Å². The number of fused-ring (bicyclic) bond motifs is 6. The van der Waals surface area contributed by atoms with Crippen LogP contribution in [0.3, 0.4) is 0 Å². The summed E-state index contributed by atoms with van der Waals surface area (Å²) in [7, 11) is 0. The average molecular weight is 355 g/mol. The van der Waals surface area contributed by atoms with Gasteiger partial charge in [0, 0.05) is 17.9 Å². The third kappa shape index (κ3) is 2.06. The quantitative estimate of drug-likeness (QED) is 0.623. The summed E-state index contributed by atoms with van der Waals surface area (Å²) in [6.45, 7) is 0.380. The monoisotopic (exact) mass is 355 g/mol. The molecule has 7 heteroatoms. The predicted octanol–water partition coefficient (Wildman–Crippen LogP) is 0.710. The van der Waals surface area contributed by atoms with E-state index in [9.17, 15) is 14.4 Å². The van der Waals surface area contributed by atoms with Crippen LogP contribution < -0.4 is 10.6 Å². The van der Waals surface area contributed by atoms with Gasteiger partial charge in [-0.05, 0) is 43.4 Å².